The summed E-state index contributed by atoms with van der Waals surface area (Å²) in [5.74, 6) is 0.869. The van der Waals surface area contributed by atoms with Crippen LogP contribution in [0.25, 0.3) is 5.69 Å². The Kier molecular flexibility index (Phi) is 5.95. The molecule has 0 aromatic carbocycles. The van der Waals surface area contributed by atoms with E-state index in [1.54, 1.807) is 17.3 Å². The van der Waals surface area contributed by atoms with E-state index < -0.39 is 5.60 Å². The number of hydrogen-bond acceptors (Lipinski definition) is 7. The lowest BCUT2D eigenvalue weighted by molar-refractivity contribution is 0.0240. The zero-order valence-corrected chi connectivity index (χ0v) is 18.0. The Balaban J connectivity index is 1.64. The average molecular weight is 402 g/mol. The van der Waals surface area contributed by atoms with Gasteiger partial charge in [0.2, 0.25) is 0 Å². The molecular weight excluding hydrogens is 372 g/mol. The van der Waals surface area contributed by atoms with E-state index in [1.165, 1.54) is 0 Å². The second-order valence-electron chi connectivity index (χ2n) is 8.40. The molecule has 0 radical (unpaired) electrons. The lowest BCUT2D eigenvalue weighted by atomic mass is 10.2. The predicted octanol–water partition coefficient (Wildman–Crippen LogP) is 2.82. The second kappa shape index (κ2) is 8.26. The van der Waals surface area contributed by atoms with Crippen molar-refractivity contribution in [2.45, 2.75) is 53.2 Å². The van der Waals surface area contributed by atoms with E-state index in [1.807, 2.05) is 52.3 Å². The molecule has 0 bridgehead atoms. The monoisotopic (exact) mass is 402 g/mol. The number of hydrogen-bond donors (Lipinski definition) is 0. The quantitative estimate of drug-likeness (QED) is 0.777. The van der Waals surface area contributed by atoms with Gasteiger partial charge in [0.15, 0.2) is 5.82 Å². The fourth-order valence-electron chi connectivity index (χ4n) is 3.01. The molecule has 1 saturated heterocycles. The molecule has 9 heteroatoms. The van der Waals surface area contributed by atoms with Crippen molar-refractivity contribution in [2.24, 2.45) is 0 Å². The molecule has 0 saturated carbocycles. The lowest BCUT2D eigenvalue weighted by Gasteiger charge is -2.35. The SMILES string of the molecule is Cc1cc(N2CCN(C(=O)OC(C)(C)C)CC2)nn1-c1cnc(OC(C)C)nc1. The van der Waals surface area contributed by atoms with Crippen LogP contribution in [0.1, 0.15) is 40.3 Å². The highest BCUT2D eigenvalue weighted by molar-refractivity contribution is 5.68. The van der Waals surface area contributed by atoms with Gasteiger partial charge in [0.1, 0.15) is 11.3 Å². The minimum absolute atomic E-state index is 0.0261. The van der Waals surface area contributed by atoms with Gasteiger partial charge in [-0.25, -0.2) is 19.4 Å². The van der Waals surface area contributed by atoms with Gasteiger partial charge in [0.05, 0.1) is 18.5 Å². The lowest BCUT2D eigenvalue weighted by Crippen LogP contribution is -2.50. The highest BCUT2D eigenvalue weighted by atomic mass is 16.6. The van der Waals surface area contributed by atoms with Gasteiger partial charge >= 0.3 is 12.1 Å². The van der Waals surface area contributed by atoms with E-state index in [4.69, 9.17) is 14.6 Å². The Morgan fingerprint density at radius 3 is 2.28 bits per heavy atom. The van der Waals surface area contributed by atoms with E-state index in [-0.39, 0.29) is 12.2 Å². The Bertz CT molecular complexity index is 833. The number of aromatic nitrogens is 4. The topological polar surface area (TPSA) is 85.6 Å². The van der Waals surface area contributed by atoms with Crippen LogP contribution in [0.15, 0.2) is 18.5 Å². The molecule has 0 N–H and O–H groups in total. The molecule has 0 spiro atoms. The van der Waals surface area contributed by atoms with Crippen molar-refractivity contribution in [3.05, 3.63) is 24.2 Å². The molecule has 1 amide bonds. The second-order valence-corrected chi connectivity index (χ2v) is 8.40. The largest absolute Gasteiger partial charge is 0.461 e. The maximum absolute atomic E-state index is 12.2. The summed E-state index contributed by atoms with van der Waals surface area (Å²) in [5, 5.41) is 4.71. The van der Waals surface area contributed by atoms with Crippen molar-refractivity contribution in [3.8, 4) is 11.7 Å². The zero-order chi connectivity index (χ0) is 21.2. The molecule has 1 fully saturated rings. The summed E-state index contributed by atoms with van der Waals surface area (Å²) >= 11 is 0. The smallest absolute Gasteiger partial charge is 0.410 e. The first-order chi connectivity index (χ1) is 13.6. The Hall–Kier alpha value is -2.84. The van der Waals surface area contributed by atoms with Crippen LogP contribution >= 0.6 is 0 Å². The van der Waals surface area contributed by atoms with Gasteiger partial charge in [-0.15, -0.1) is 5.10 Å². The molecule has 158 valence electrons. The summed E-state index contributed by atoms with van der Waals surface area (Å²) in [6.45, 7) is 14.1. The van der Waals surface area contributed by atoms with Crippen molar-refractivity contribution in [1.29, 1.82) is 0 Å². The van der Waals surface area contributed by atoms with Gasteiger partial charge in [0.25, 0.3) is 0 Å². The molecular formula is C20H30N6O3. The van der Waals surface area contributed by atoms with Gasteiger partial charge in [-0.05, 0) is 41.5 Å². The molecule has 9 nitrogen and oxygen atoms in total. The number of nitrogens with zero attached hydrogens (tertiary/aromatic N) is 6. The third kappa shape index (κ3) is 5.36. The molecule has 1 aliphatic rings. The van der Waals surface area contributed by atoms with Crippen LogP contribution in [0.5, 0.6) is 6.01 Å². The molecule has 29 heavy (non-hydrogen) atoms. The number of carbonyl (C=O) groups is 1. The van der Waals surface area contributed by atoms with Crippen molar-refractivity contribution < 1.29 is 14.3 Å². The minimum Gasteiger partial charge on any atom is -0.461 e. The van der Waals surface area contributed by atoms with Crippen LogP contribution in [0, 0.1) is 6.92 Å². The van der Waals surface area contributed by atoms with Crippen molar-refractivity contribution in [3.63, 3.8) is 0 Å². The third-order valence-corrected chi connectivity index (χ3v) is 4.33. The van der Waals surface area contributed by atoms with Crippen LogP contribution < -0.4 is 9.64 Å². The third-order valence-electron chi connectivity index (χ3n) is 4.33. The summed E-state index contributed by atoms with van der Waals surface area (Å²) in [4.78, 5) is 24.6. The van der Waals surface area contributed by atoms with Gasteiger partial charge in [-0.2, -0.15) is 0 Å². The van der Waals surface area contributed by atoms with Gasteiger partial charge in [-0.3, -0.25) is 0 Å². The molecule has 0 unspecified atom stereocenters. The number of ether oxygens (including phenoxy) is 2. The van der Waals surface area contributed by atoms with Crippen LogP contribution in [-0.4, -0.2) is 68.6 Å². The highest BCUT2D eigenvalue weighted by Crippen LogP contribution is 2.20. The van der Waals surface area contributed by atoms with Crippen LogP contribution in [0.2, 0.25) is 0 Å². The Morgan fingerprint density at radius 2 is 1.72 bits per heavy atom. The van der Waals surface area contributed by atoms with Gasteiger partial charge in [-0.1, -0.05) is 0 Å². The van der Waals surface area contributed by atoms with Crippen molar-refractivity contribution in [2.75, 3.05) is 31.1 Å². The summed E-state index contributed by atoms with van der Waals surface area (Å²) in [6.07, 6.45) is 3.17. The average Bonchev–Trinajstić information content (AvgIpc) is 3.02. The first-order valence-corrected chi connectivity index (χ1v) is 9.91. The van der Waals surface area contributed by atoms with Crippen molar-refractivity contribution in [1.82, 2.24) is 24.6 Å². The van der Waals surface area contributed by atoms with Gasteiger partial charge < -0.3 is 19.3 Å². The summed E-state index contributed by atoms with van der Waals surface area (Å²) in [5.41, 5.74) is 1.27. The standard InChI is InChI=1S/C20H30N6O3/c1-14(2)28-18-21-12-16(13-22-18)26-15(3)11-17(23-26)24-7-9-25(10-8-24)19(27)29-20(4,5)6/h11-14H,7-10H2,1-6H3. The molecule has 3 heterocycles. The maximum atomic E-state index is 12.2. The molecule has 0 aliphatic carbocycles. The van der Waals surface area contributed by atoms with Crippen molar-refractivity contribution >= 4 is 11.9 Å². The number of rotatable bonds is 4. The molecule has 2 aromatic heterocycles. The van der Waals surface area contributed by atoms with E-state index >= 15 is 0 Å². The number of carbonyl (C=O) groups excluding carboxylic acids is 1. The highest BCUT2D eigenvalue weighted by Gasteiger charge is 2.27. The van der Waals surface area contributed by atoms with Gasteiger partial charge in [0, 0.05) is 37.9 Å². The minimum atomic E-state index is -0.484. The first kappa shape index (κ1) is 20.9. The maximum Gasteiger partial charge on any atom is 0.410 e. The van der Waals surface area contributed by atoms with Crippen LogP contribution in [0.3, 0.4) is 0 Å². The van der Waals surface area contributed by atoms with E-state index in [9.17, 15) is 4.79 Å². The number of aryl methyl sites for hydroxylation is 1. The zero-order valence-electron chi connectivity index (χ0n) is 18.0. The number of piperazine rings is 1. The van der Waals surface area contributed by atoms with E-state index in [2.05, 4.69) is 14.9 Å². The molecule has 0 atom stereocenters. The fourth-order valence-corrected chi connectivity index (χ4v) is 3.01. The first-order valence-electron chi connectivity index (χ1n) is 9.91. The molecule has 1 aliphatic heterocycles. The fraction of sp³-hybridized carbons (Fsp3) is 0.600. The normalized spacial score (nSPS) is 15.0. The van der Waals surface area contributed by atoms with Crippen LogP contribution in [-0.2, 0) is 4.74 Å². The molecule has 3 rings (SSSR count). The predicted molar refractivity (Wildman–Crippen MR) is 110 cm³/mol. The summed E-state index contributed by atoms with van der Waals surface area (Å²) < 4.78 is 12.8. The number of amides is 1. The Labute approximate surface area is 171 Å². The van der Waals surface area contributed by atoms with Crippen LogP contribution in [0.4, 0.5) is 10.6 Å². The van der Waals surface area contributed by atoms with E-state index in [0.717, 1.165) is 17.2 Å². The number of anilines is 1. The summed E-state index contributed by atoms with van der Waals surface area (Å²) in [7, 11) is 0. The van der Waals surface area contributed by atoms with E-state index in [0.29, 0.717) is 32.2 Å². The summed E-state index contributed by atoms with van der Waals surface area (Å²) in [6, 6.07) is 2.38. The molecule has 2 aromatic rings. The Morgan fingerprint density at radius 1 is 1.10 bits per heavy atom.